The maximum atomic E-state index is 13.8. The van der Waals surface area contributed by atoms with Crippen LogP contribution < -0.4 is 16.0 Å². The first-order chi connectivity index (χ1) is 17.3. The average molecular weight is 501 g/mol. The van der Waals surface area contributed by atoms with Gasteiger partial charge in [-0.3, -0.25) is 9.59 Å². The van der Waals surface area contributed by atoms with Gasteiger partial charge in [0.1, 0.15) is 11.6 Å². The number of carbonyl (C=O) groups is 2. The molecule has 0 spiro atoms. The molecule has 1 aliphatic rings. The summed E-state index contributed by atoms with van der Waals surface area (Å²) in [7, 11) is 0. The van der Waals surface area contributed by atoms with Crippen molar-refractivity contribution in [2.75, 3.05) is 32.7 Å². The molecule has 0 bridgehead atoms. The van der Waals surface area contributed by atoms with Crippen molar-refractivity contribution in [3.05, 3.63) is 70.3 Å². The zero-order valence-corrected chi connectivity index (χ0v) is 21.5. The summed E-state index contributed by atoms with van der Waals surface area (Å²) in [6.07, 6.45) is 2.60. The van der Waals surface area contributed by atoms with E-state index in [1.165, 1.54) is 12.1 Å². The first kappa shape index (κ1) is 27.7. The highest BCUT2D eigenvalue weighted by Gasteiger charge is 2.23. The third kappa shape index (κ3) is 8.10. The van der Waals surface area contributed by atoms with Crippen LogP contribution in [0.5, 0.6) is 0 Å². The summed E-state index contributed by atoms with van der Waals surface area (Å²) in [6.45, 7) is 9.69. The van der Waals surface area contributed by atoms with Gasteiger partial charge in [-0.15, -0.1) is 0 Å². The summed E-state index contributed by atoms with van der Waals surface area (Å²) in [5.41, 5.74) is 2.19. The van der Waals surface area contributed by atoms with Gasteiger partial charge in [-0.1, -0.05) is 13.8 Å². The first-order valence-corrected chi connectivity index (χ1v) is 12.9. The van der Waals surface area contributed by atoms with Crippen molar-refractivity contribution in [1.29, 1.82) is 0 Å². The second-order valence-electron chi connectivity index (χ2n) is 9.62. The molecular weight excluding hydrogens is 462 g/mol. The van der Waals surface area contributed by atoms with Gasteiger partial charge >= 0.3 is 0 Å². The maximum absolute atomic E-state index is 13.8. The number of piperazine rings is 1. The Morgan fingerprint density at radius 3 is 2.28 bits per heavy atom. The molecule has 1 aliphatic heterocycles. The van der Waals surface area contributed by atoms with E-state index < -0.39 is 11.6 Å². The molecule has 2 amide bonds. The van der Waals surface area contributed by atoms with Crippen LogP contribution in [0.25, 0.3) is 0 Å². The number of carbonyl (C=O) groups excluding carboxylic acids is 2. The minimum absolute atomic E-state index is 0.0827. The molecule has 1 fully saturated rings. The Labute approximate surface area is 212 Å². The number of amides is 2. The SMILES string of the molecule is CCCN(CCC)C(=O)c1cc(C)cc(C(=O)N[C@@H](Cc2cc(F)cc(F)c2)C[C@H]2CNCCN2)c1. The van der Waals surface area contributed by atoms with E-state index in [0.717, 1.165) is 44.1 Å². The molecule has 6 nitrogen and oxygen atoms in total. The lowest BCUT2D eigenvalue weighted by molar-refractivity contribution is 0.0755. The van der Waals surface area contributed by atoms with Crippen molar-refractivity contribution in [1.82, 2.24) is 20.9 Å². The molecule has 1 saturated heterocycles. The molecule has 3 N–H and O–H groups in total. The van der Waals surface area contributed by atoms with Crippen LogP contribution in [-0.4, -0.2) is 61.5 Å². The number of nitrogens with one attached hydrogen (secondary N) is 3. The van der Waals surface area contributed by atoms with Gasteiger partial charge in [0.2, 0.25) is 0 Å². The molecule has 3 rings (SSSR count). The topological polar surface area (TPSA) is 73.5 Å². The standard InChI is InChI=1S/C28H38F2N4O2/c1-4-8-34(9-5-2)28(36)22-11-19(3)10-21(15-22)27(35)33-25(17-26-18-31-6-7-32-26)14-20-12-23(29)16-24(30)13-20/h10-13,15-16,25-26,31-32H,4-9,14,17-18H2,1-3H3,(H,33,35)/t25-,26-/m0/s1. The van der Waals surface area contributed by atoms with Crippen molar-refractivity contribution in [3.8, 4) is 0 Å². The number of halogens is 2. The predicted octanol–water partition coefficient (Wildman–Crippen LogP) is 3.83. The molecule has 2 aromatic carbocycles. The molecule has 0 aliphatic carbocycles. The Bertz CT molecular complexity index is 1010. The zero-order valence-electron chi connectivity index (χ0n) is 21.5. The molecule has 2 atom stereocenters. The van der Waals surface area contributed by atoms with E-state index in [4.69, 9.17) is 0 Å². The maximum Gasteiger partial charge on any atom is 0.253 e. The van der Waals surface area contributed by atoms with Gasteiger partial charge in [0.25, 0.3) is 11.8 Å². The number of nitrogens with zero attached hydrogens (tertiary/aromatic N) is 1. The van der Waals surface area contributed by atoms with Crippen molar-refractivity contribution in [3.63, 3.8) is 0 Å². The van der Waals surface area contributed by atoms with Crippen LogP contribution in [0.1, 0.15) is 65.0 Å². The molecule has 36 heavy (non-hydrogen) atoms. The largest absolute Gasteiger partial charge is 0.349 e. The third-order valence-electron chi connectivity index (χ3n) is 6.29. The van der Waals surface area contributed by atoms with Crippen LogP contribution in [0.15, 0.2) is 36.4 Å². The second kappa shape index (κ2) is 13.5. The van der Waals surface area contributed by atoms with Gasteiger partial charge < -0.3 is 20.9 Å². The van der Waals surface area contributed by atoms with Crippen molar-refractivity contribution in [2.24, 2.45) is 0 Å². The molecular formula is C28H38F2N4O2. The highest BCUT2D eigenvalue weighted by atomic mass is 19.1. The molecule has 0 radical (unpaired) electrons. The average Bonchev–Trinajstić information content (AvgIpc) is 2.83. The Hall–Kier alpha value is -2.84. The lowest BCUT2D eigenvalue weighted by Crippen LogP contribution is -2.51. The third-order valence-corrected chi connectivity index (χ3v) is 6.29. The van der Waals surface area contributed by atoms with Crippen LogP contribution in [-0.2, 0) is 6.42 Å². The second-order valence-corrected chi connectivity index (χ2v) is 9.62. The molecule has 196 valence electrons. The fourth-order valence-electron chi connectivity index (χ4n) is 4.77. The molecule has 0 unspecified atom stereocenters. The minimum Gasteiger partial charge on any atom is -0.349 e. The smallest absolute Gasteiger partial charge is 0.253 e. The minimum atomic E-state index is -0.641. The molecule has 0 aromatic heterocycles. The Balaban J connectivity index is 1.81. The Morgan fingerprint density at radius 1 is 1.00 bits per heavy atom. The lowest BCUT2D eigenvalue weighted by atomic mass is 9.97. The summed E-state index contributed by atoms with van der Waals surface area (Å²) < 4.78 is 27.6. The van der Waals surface area contributed by atoms with Crippen LogP contribution in [0.4, 0.5) is 8.78 Å². The zero-order chi connectivity index (χ0) is 26.1. The lowest BCUT2D eigenvalue weighted by Gasteiger charge is -2.29. The summed E-state index contributed by atoms with van der Waals surface area (Å²) in [6, 6.07) is 8.42. The number of benzene rings is 2. The highest BCUT2D eigenvalue weighted by molar-refractivity contribution is 6.00. The van der Waals surface area contributed by atoms with E-state index in [0.29, 0.717) is 36.2 Å². The number of rotatable bonds is 11. The van der Waals surface area contributed by atoms with Gasteiger partial charge in [-0.05, 0) is 74.1 Å². The summed E-state index contributed by atoms with van der Waals surface area (Å²) in [5.74, 6) is -1.67. The molecule has 2 aromatic rings. The van der Waals surface area contributed by atoms with Crippen LogP contribution >= 0.6 is 0 Å². The number of hydrogen-bond donors (Lipinski definition) is 3. The van der Waals surface area contributed by atoms with Crippen LogP contribution in [0.3, 0.4) is 0 Å². The van der Waals surface area contributed by atoms with Gasteiger partial charge in [0, 0.05) is 62.0 Å². The predicted molar refractivity (Wildman–Crippen MR) is 138 cm³/mol. The first-order valence-electron chi connectivity index (χ1n) is 12.9. The van der Waals surface area contributed by atoms with Gasteiger partial charge in [-0.2, -0.15) is 0 Å². The monoisotopic (exact) mass is 500 g/mol. The van der Waals surface area contributed by atoms with E-state index >= 15 is 0 Å². The molecule has 0 saturated carbocycles. The van der Waals surface area contributed by atoms with Gasteiger partial charge in [0.15, 0.2) is 0 Å². The van der Waals surface area contributed by atoms with E-state index in [2.05, 4.69) is 16.0 Å². The van der Waals surface area contributed by atoms with E-state index in [9.17, 15) is 18.4 Å². The Morgan fingerprint density at radius 2 is 1.67 bits per heavy atom. The van der Waals surface area contributed by atoms with E-state index in [-0.39, 0.29) is 30.3 Å². The number of hydrogen-bond acceptors (Lipinski definition) is 4. The molecule has 8 heteroatoms. The quantitative estimate of drug-likeness (QED) is 0.439. The van der Waals surface area contributed by atoms with E-state index in [1.807, 2.05) is 31.7 Å². The molecule has 1 heterocycles. The summed E-state index contributed by atoms with van der Waals surface area (Å²) in [5, 5.41) is 9.82. The van der Waals surface area contributed by atoms with Crippen LogP contribution in [0, 0.1) is 18.6 Å². The Kier molecular flexibility index (Phi) is 10.4. The van der Waals surface area contributed by atoms with Crippen molar-refractivity contribution < 1.29 is 18.4 Å². The summed E-state index contributed by atoms with van der Waals surface area (Å²) in [4.78, 5) is 28.3. The fraction of sp³-hybridized carbons (Fsp3) is 0.500. The fourth-order valence-corrected chi connectivity index (χ4v) is 4.77. The normalized spacial score (nSPS) is 16.4. The number of aryl methyl sites for hydroxylation is 1. The van der Waals surface area contributed by atoms with E-state index in [1.54, 1.807) is 12.1 Å². The highest BCUT2D eigenvalue weighted by Crippen LogP contribution is 2.16. The van der Waals surface area contributed by atoms with Crippen molar-refractivity contribution in [2.45, 2.75) is 58.5 Å². The van der Waals surface area contributed by atoms with Gasteiger partial charge in [0.05, 0.1) is 0 Å². The summed E-state index contributed by atoms with van der Waals surface area (Å²) >= 11 is 0. The van der Waals surface area contributed by atoms with Crippen molar-refractivity contribution >= 4 is 11.8 Å². The van der Waals surface area contributed by atoms with Gasteiger partial charge in [-0.25, -0.2) is 8.78 Å². The van der Waals surface area contributed by atoms with Crippen LogP contribution in [0.2, 0.25) is 0 Å².